The van der Waals surface area contributed by atoms with Gasteiger partial charge in [-0.2, -0.15) is 0 Å². The number of hydrogen-bond acceptors (Lipinski definition) is 5. The summed E-state index contributed by atoms with van der Waals surface area (Å²) in [6.07, 6.45) is 1.83. The van der Waals surface area contributed by atoms with E-state index >= 15 is 0 Å². The molecule has 0 bridgehead atoms. The van der Waals surface area contributed by atoms with Gasteiger partial charge in [-0.25, -0.2) is 0 Å². The summed E-state index contributed by atoms with van der Waals surface area (Å²) in [6, 6.07) is 15.7. The van der Waals surface area contributed by atoms with Gasteiger partial charge in [0.05, 0.1) is 11.3 Å². The number of benzene rings is 2. The second-order valence-corrected chi connectivity index (χ2v) is 7.54. The number of rotatable bonds is 9. The largest absolute Gasteiger partial charge is 0.489 e. The van der Waals surface area contributed by atoms with Crippen molar-refractivity contribution in [3.05, 3.63) is 76.7 Å². The highest BCUT2D eigenvalue weighted by Gasteiger charge is 2.10. The van der Waals surface area contributed by atoms with E-state index in [1.165, 1.54) is 11.3 Å². The van der Waals surface area contributed by atoms with Crippen LogP contribution in [-0.2, 0) is 13.0 Å². The lowest BCUT2D eigenvalue weighted by Crippen LogP contribution is -2.24. The summed E-state index contributed by atoms with van der Waals surface area (Å²) in [6.45, 7) is 4.78. The zero-order chi connectivity index (χ0) is 21.5. The molecular weight excluding hydrogens is 378 g/mol. The molecule has 0 spiro atoms. The lowest BCUT2D eigenvalue weighted by molar-refractivity contribution is 0.0953. The van der Waals surface area contributed by atoms with Crippen LogP contribution in [0.3, 0.4) is 0 Å². The molecule has 0 aliphatic heterocycles. The molecule has 158 valence electrons. The van der Waals surface area contributed by atoms with Crippen LogP contribution in [0.2, 0.25) is 0 Å². The predicted molar refractivity (Wildman–Crippen MR) is 118 cm³/mol. The molecule has 3 aromatic rings. The second-order valence-electron chi connectivity index (χ2n) is 7.54. The van der Waals surface area contributed by atoms with Gasteiger partial charge in [-0.15, -0.1) is 0 Å². The van der Waals surface area contributed by atoms with Gasteiger partial charge in [0, 0.05) is 31.9 Å². The fourth-order valence-corrected chi connectivity index (χ4v) is 3.12. The Balaban J connectivity index is 1.42. The number of nitrogens with one attached hydrogen (secondary N) is 1. The zero-order valence-corrected chi connectivity index (χ0v) is 18.1. The van der Waals surface area contributed by atoms with Crippen molar-refractivity contribution in [1.82, 2.24) is 10.5 Å². The Morgan fingerprint density at radius 3 is 2.37 bits per heavy atom. The van der Waals surface area contributed by atoms with Crippen molar-refractivity contribution in [3.8, 4) is 5.75 Å². The summed E-state index contributed by atoms with van der Waals surface area (Å²) in [5.74, 6) is 1.39. The van der Waals surface area contributed by atoms with Crippen LogP contribution in [0, 0.1) is 13.8 Å². The summed E-state index contributed by atoms with van der Waals surface area (Å²) in [5.41, 5.74) is 4.86. The van der Waals surface area contributed by atoms with Crippen molar-refractivity contribution in [2.75, 3.05) is 25.5 Å². The summed E-state index contributed by atoms with van der Waals surface area (Å²) in [5, 5.41) is 6.90. The van der Waals surface area contributed by atoms with Crippen LogP contribution in [0.15, 0.2) is 53.1 Å². The number of carbonyl (C=O) groups is 1. The predicted octanol–water partition coefficient (Wildman–Crippen LogP) is 4.30. The third-order valence-electron chi connectivity index (χ3n) is 5.06. The molecule has 3 rings (SSSR count). The van der Waals surface area contributed by atoms with E-state index < -0.39 is 0 Å². The molecule has 0 aliphatic rings. The lowest BCUT2D eigenvalue weighted by atomic mass is 10.1. The van der Waals surface area contributed by atoms with Gasteiger partial charge >= 0.3 is 0 Å². The number of carbonyl (C=O) groups excluding carboxylic acids is 1. The van der Waals surface area contributed by atoms with Gasteiger partial charge in [0.25, 0.3) is 5.91 Å². The molecule has 6 heteroatoms. The molecule has 2 aromatic carbocycles. The first-order chi connectivity index (χ1) is 14.4. The molecule has 6 nitrogen and oxygen atoms in total. The standard InChI is InChI=1S/C24H29N3O3/c1-17-23(18(2)30-26-17)16-29-22-13-9-20(10-14-22)24(28)25-15-5-6-19-7-11-21(12-8-19)27(3)4/h7-14H,5-6,15-16H2,1-4H3,(H,25,28). The van der Waals surface area contributed by atoms with Crippen LogP contribution < -0.4 is 15.0 Å². The van der Waals surface area contributed by atoms with Crippen molar-refractivity contribution in [2.24, 2.45) is 0 Å². The van der Waals surface area contributed by atoms with Gasteiger partial charge in [-0.1, -0.05) is 17.3 Å². The number of amides is 1. The van der Waals surface area contributed by atoms with E-state index in [0.717, 1.165) is 29.9 Å². The Hall–Kier alpha value is -3.28. The molecule has 1 amide bonds. The van der Waals surface area contributed by atoms with Crippen LogP contribution in [0.1, 0.15) is 39.4 Å². The fraction of sp³-hybridized carbons (Fsp3) is 0.333. The highest BCUT2D eigenvalue weighted by Crippen LogP contribution is 2.18. The van der Waals surface area contributed by atoms with Gasteiger partial charge in [0.15, 0.2) is 0 Å². The highest BCUT2D eigenvalue weighted by molar-refractivity contribution is 5.94. The Morgan fingerprint density at radius 2 is 1.77 bits per heavy atom. The van der Waals surface area contributed by atoms with E-state index in [1.807, 2.05) is 27.9 Å². The molecule has 0 unspecified atom stereocenters. The fourth-order valence-electron chi connectivity index (χ4n) is 3.12. The van der Waals surface area contributed by atoms with Gasteiger partial charge in [0.2, 0.25) is 0 Å². The molecule has 1 heterocycles. The molecule has 1 aromatic heterocycles. The van der Waals surface area contributed by atoms with Crippen molar-refractivity contribution in [3.63, 3.8) is 0 Å². The average molecular weight is 408 g/mol. The van der Waals surface area contributed by atoms with Crippen molar-refractivity contribution in [1.29, 1.82) is 0 Å². The van der Waals surface area contributed by atoms with E-state index in [-0.39, 0.29) is 5.91 Å². The Morgan fingerprint density at radius 1 is 1.07 bits per heavy atom. The summed E-state index contributed by atoms with van der Waals surface area (Å²) in [7, 11) is 4.06. The van der Waals surface area contributed by atoms with Gasteiger partial charge in [-0.3, -0.25) is 4.79 Å². The Kier molecular flexibility index (Phi) is 7.12. The van der Waals surface area contributed by atoms with Crippen LogP contribution in [0.25, 0.3) is 0 Å². The zero-order valence-electron chi connectivity index (χ0n) is 18.1. The first-order valence-corrected chi connectivity index (χ1v) is 10.1. The number of anilines is 1. The van der Waals surface area contributed by atoms with E-state index in [0.29, 0.717) is 24.5 Å². The number of hydrogen-bond donors (Lipinski definition) is 1. The highest BCUT2D eigenvalue weighted by atomic mass is 16.5. The average Bonchev–Trinajstić information content (AvgIpc) is 3.07. The molecular formula is C24H29N3O3. The summed E-state index contributed by atoms with van der Waals surface area (Å²) in [4.78, 5) is 14.4. The van der Waals surface area contributed by atoms with E-state index in [4.69, 9.17) is 9.26 Å². The number of ether oxygens (including phenoxy) is 1. The maximum absolute atomic E-state index is 12.3. The van der Waals surface area contributed by atoms with Gasteiger partial charge in [-0.05, 0) is 68.7 Å². The summed E-state index contributed by atoms with van der Waals surface area (Å²) >= 11 is 0. The van der Waals surface area contributed by atoms with Crippen molar-refractivity contribution in [2.45, 2.75) is 33.3 Å². The molecule has 30 heavy (non-hydrogen) atoms. The number of nitrogens with zero attached hydrogens (tertiary/aromatic N) is 2. The molecule has 0 atom stereocenters. The van der Waals surface area contributed by atoms with Gasteiger partial charge in [0.1, 0.15) is 18.1 Å². The Bertz CT molecular complexity index is 941. The minimum Gasteiger partial charge on any atom is -0.489 e. The van der Waals surface area contributed by atoms with Crippen LogP contribution in [0.4, 0.5) is 5.69 Å². The third-order valence-corrected chi connectivity index (χ3v) is 5.06. The summed E-state index contributed by atoms with van der Waals surface area (Å²) < 4.78 is 10.9. The molecule has 0 fully saturated rings. The molecule has 0 saturated carbocycles. The second kappa shape index (κ2) is 9.96. The maximum atomic E-state index is 12.3. The topological polar surface area (TPSA) is 67.6 Å². The molecule has 0 radical (unpaired) electrons. The molecule has 0 aliphatic carbocycles. The first kappa shape index (κ1) is 21.4. The van der Waals surface area contributed by atoms with E-state index in [9.17, 15) is 4.79 Å². The minimum absolute atomic E-state index is 0.0739. The smallest absolute Gasteiger partial charge is 0.251 e. The number of aromatic nitrogens is 1. The van der Waals surface area contributed by atoms with Crippen LogP contribution in [-0.4, -0.2) is 31.7 Å². The van der Waals surface area contributed by atoms with Crippen LogP contribution in [0.5, 0.6) is 5.75 Å². The molecule has 0 saturated heterocycles. The molecule has 1 N–H and O–H groups in total. The quantitative estimate of drug-likeness (QED) is 0.536. The minimum atomic E-state index is -0.0739. The van der Waals surface area contributed by atoms with Gasteiger partial charge < -0.3 is 19.5 Å². The number of aryl methyl sites for hydroxylation is 3. The van der Waals surface area contributed by atoms with E-state index in [2.05, 4.69) is 39.6 Å². The maximum Gasteiger partial charge on any atom is 0.251 e. The third kappa shape index (κ3) is 5.63. The van der Waals surface area contributed by atoms with Crippen LogP contribution >= 0.6 is 0 Å². The van der Waals surface area contributed by atoms with Crippen molar-refractivity contribution >= 4 is 11.6 Å². The SMILES string of the molecule is Cc1noc(C)c1COc1ccc(C(=O)NCCCc2ccc(N(C)C)cc2)cc1. The lowest BCUT2D eigenvalue weighted by Gasteiger charge is -2.12. The first-order valence-electron chi connectivity index (χ1n) is 10.1. The van der Waals surface area contributed by atoms with Crippen molar-refractivity contribution < 1.29 is 14.1 Å². The monoisotopic (exact) mass is 407 g/mol. The van der Waals surface area contributed by atoms with E-state index in [1.54, 1.807) is 24.3 Å². The normalized spacial score (nSPS) is 10.7. The Labute approximate surface area is 177 Å².